The molecule has 3 rings (SSSR count). The van der Waals surface area contributed by atoms with E-state index in [1.807, 2.05) is 31.2 Å². The van der Waals surface area contributed by atoms with Crippen LogP contribution < -0.4 is 9.47 Å². The van der Waals surface area contributed by atoms with E-state index in [-0.39, 0.29) is 6.61 Å². The zero-order valence-corrected chi connectivity index (χ0v) is 16.8. The van der Waals surface area contributed by atoms with Gasteiger partial charge in [0.1, 0.15) is 6.61 Å². The van der Waals surface area contributed by atoms with Crippen LogP contribution in [0.3, 0.4) is 0 Å². The molecule has 1 aromatic heterocycles. The molecule has 3 aromatic rings. The number of aryl methyl sites for hydroxylation is 1. The first-order valence-corrected chi connectivity index (χ1v) is 9.04. The van der Waals surface area contributed by atoms with Crippen molar-refractivity contribution in [3.05, 3.63) is 57.3 Å². The molecule has 0 spiro atoms. The van der Waals surface area contributed by atoms with Crippen molar-refractivity contribution in [3.63, 3.8) is 0 Å². The van der Waals surface area contributed by atoms with Gasteiger partial charge in [0, 0.05) is 5.56 Å². The molecule has 0 fully saturated rings. The summed E-state index contributed by atoms with van der Waals surface area (Å²) >= 11 is 11.6. The Bertz CT molecular complexity index is 1110. The summed E-state index contributed by atoms with van der Waals surface area (Å²) in [5, 5.41) is 11.9. The molecule has 0 saturated carbocycles. The van der Waals surface area contributed by atoms with E-state index in [1.165, 1.54) is 7.11 Å². The highest BCUT2D eigenvalue weighted by molar-refractivity contribution is 7.71. The molecule has 0 atom stereocenters. The number of benzene rings is 2. The largest absolute Gasteiger partial charge is 0.493 e. The summed E-state index contributed by atoms with van der Waals surface area (Å²) in [6.45, 7) is 2.11. The number of halogens is 1. The minimum atomic E-state index is 0.0909. The lowest BCUT2D eigenvalue weighted by molar-refractivity contribution is 0.331. The Morgan fingerprint density at radius 3 is 2.79 bits per heavy atom. The number of nitrogens with zero attached hydrogens (tertiary/aromatic N) is 3. The molecule has 0 saturated heterocycles. The number of ether oxygens (including phenoxy) is 2. The second-order valence-corrected chi connectivity index (χ2v) is 6.60. The average molecular weight is 413 g/mol. The van der Waals surface area contributed by atoms with E-state index in [9.17, 15) is 0 Å². The molecule has 0 amide bonds. The van der Waals surface area contributed by atoms with Crippen LogP contribution >= 0.6 is 23.8 Å². The van der Waals surface area contributed by atoms with Gasteiger partial charge in [-0.05, 0) is 36.8 Å². The third-order valence-electron chi connectivity index (χ3n) is 3.83. The van der Waals surface area contributed by atoms with Gasteiger partial charge in [-0.1, -0.05) is 47.4 Å². The number of hydrogen-bond acceptors (Lipinski definition) is 5. The molecule has 6 nitrogen and oxygen atoms in total. The van der Waals surface area contributed by atoms with Crippen molar-refractivity contribution in [1.29, 1.82) is 0 Å². The van der Waals surface area contributed by atoms with E-state index in [0.29, 0.717) is 32.7 Å². The summed E-state index contributed by atoms with van der Waals surface area (Å²) in [5.41, 5.74) is 2.75. The molecule has 0 aliphatic rings. The summed E-state index contributed by atoms with van der Waals surface area (Å²) in [4.78, 5) is 0. The molecule has 0 unspecified atom stereocenters. The number of H-pyrrole nitrogens is 1. The lowest BCUT2D eigenvalue weighted by Gasteiger charge is -2.11. The smallest absolute Gasteiger partial charge is 0.216 e. The highest BCUT2D eigenvalue weighted by atomic mass is 35.5. The summed E-state index contributed by atoms with van der Waals surface area (Å²) in [5.74, 6) is 3.85. The summed E-state index contributed by atoms with van der Waals surface area (Å²) < 4.78 is 12.7. The van der Waals surface area contributed by atoms with Gasteiger partial charge in [0.15, 0.2) is 17.3 Å². The molecule has 28 heavy (non-hydrogen) atoms. The highest BCUT2D eigenvalue weighted by Crippen LogP contribution is 2.36. The predicted molar refractivity (Wildman–Crippen MR) is 113 cm³/mol. The SMILES string of the molecule is C#CCOc1c(Cl)cc(/C=N\n2c(-c3ccc(C)cc3)n[nH]c2=S)cc1OC. The summed E-state index contributed by atoms with van der Waals surface area (Å²) in [7, 11) is 1.52. The van der Waals surface area contributed by atoms with E-state index in [1.54, 1.807) is 23.0 Å². The monoisotopic (exact) mass is 412 g/mol. The number of methoxy groups -OCH3 is 1. The Morgan fingerprint density at radius 2 is 2.11 bits per heavy atom. The van der Waals surface area contributed by atoms with E-state index in [0.717, 1.165) is 11.1 Å². The summed E-state index contributed by atoms with van der Waals surface area (Å²) in [6, 6.07) is 11.4. The Hall–Kier alpha value is -3.08. The van der Waals surface area contributed by atoms with Gasteiger partial charge in [-0.15, -0.1) is 6.42 Å². The lowest BCUT2D eigenvalue weighted by atomic mass is 10.1. The Balaban J connectivity index is 1.96. The van der Waals surface area contributed by atoms with Crippen molar-refractivity contribution in [2.24, 2.45) is 5.10 Å². The van der Waals surface area contributed by atoms with Crippen molar-refractivity contribution in [2.75, 3.05) is 13.7 Å². The number of nitrogens with one attached hydrogen (secondary N) is 1. The second kappa shape index (κ2) is 8.74. The van der Waals surface area contributed by atoms with Crippen LogP contribution in [0, 0.1) is 24.0 Å². The van der Waals surface area contributed by atoms with Gasteiger partial charge in [-0.2, -0.15) is 14.9 Å². The maximum atomic E-state index is 6.30. The maximum absolute atomic E-state index is 6.30. The number of rotatable bonds is 6. The third-order valence-corrected chi connectivity index (χ3v) is 4.38. The average Bonchev–Trinajstić information content (AvgIpc) is 3.06. The van der Waals surface area contributed by atoms with E-state index in [2.05, 4.69) is 21.2 Å². The second-order valence-electron chi connectivity index (χ2n) is 5.80. The minimum Gasteiger partial charge on any atom is -0.493 e. The Labute approximate surface area is 172 Å². The topological polar surface area (TPSA) is 64.4 Å². The van der Waals surface area contributed by atoms with Gasteiger partial charge < -0.3 is 9.47 Å². The Kier molecular flexibility index (Phi) is 6.14. The highest BCUT2D eigenvalue weighted by Gasteiger charge is 2.12. The molecule has 0 aliphatic carbocycles. The molecule has 2 aromatic carbocycles. The quantitative estimate of drug-likeness (QED) is 0.368. The van der Waals surface area contributed by atoms with Gasteiger partial charge in [0.25, 0.3) is 0 Å². The van der Waals surface area contributed by atoms with E-state index in [4.69, 9.17) is 39.7 Å². The molecule has 0 bridgehead atoms. The van der Waals surface area contributed by atoms with Gasteiger partial charge >= 0.3 is 0 Å². The minimum absolute atomic E-state index is 0.0909. The fraction of sp³-hybridized carbons (Fsp3) is 0.150. The first-order chi connectivity index (χ1) is 13.5. The van der Waals surface area contributed by atoms with Gasteiger partial charge in [-0.25, -0.2) is 5.10 Å². The van der Waals surface area contributed by atoms with Crippen LogP contribution in [0.4, 0.5) is 0 Å². The van der Waals surface area contributed by atoms with Crippen LogP contribution in [0.2, 0.25) is 5.02 Å². The molecule has 1 N–H and O–H groups in total. The van der Waals surface area contributed by atoms with Crippen LogP contribution in [0.15, 0.2) is 41.5 Å². The zero-order valence-electron chi connectivity index (χ0n) is 15.3. The van der Waals surface area contributed by atoms with Crippen LogP contribution in [0.25, 0.3) is 11.4 Å². The van der Waals surface area contributed by atoms with Gasteiger partial charge in [0.2, 0.25) is 4.77 Å². The molecule has 0 radical (unpaired) electrons. The van der Waals surface area contributed by atoms with Crippen LogP contribution in [-0.4, -0.2) is 34.8 Å². The first-order valence-electron chi connectivity index (χ1n) is 8.26. The number of aromatic nitrogens is 3. The van der Waals surface area contributed by atoms with Crippen LogP contribution in [-0.2, 0) is 0 Å². The predicted octanol–water partition coefficient (Wildman–Crippen LogP) is 4.47. The van der Waals surface area contributed by atoms with E-state index >= 15 is 0 Å². The Morgan fingerprint density at radius 1 is 1.36 bits per heavy atom. The van der Waals surface area contributed by atoms with Gasteiger partial charge in [-0.3, -0.25) is 0 Å². The van der Waals surface area contributed by atoms with Crippen molar-refractivity contribution >= 4 is 30.0 Å². The molecule has 1 heterocycles. The van der Waals surface area contributed by atoms with Gasteiger partial charge in [0.05, 0.1) is 18.3 Å². The zero-order chi connectivity index (χ0) is 20.1. The molecule has 142 valence electrons. The molecular formula is C20H17ClN4O2S. The van der Waals surface area contributed by atoms with Crippen LogP contribution in [0.5, 0.6) is 11.5 Å². The standard InChI is InChI=1S/C20H17ClN4O2S/c1-4-9-27-18-16(21)10-14(11-17(18)26-3)12-22-25-19(23-24-20(25)28)15-7-5-13(2)6-8-15/h1,5-8,10-12H,9H2,2-3H3,(H,24,28)/b22-12-. The normalized spacial score (nSPS) is 10.8. The van der Waals surface area contributed by atoms with Crippen molar-refractivity contribution in [3.8, 4) is 35.2 Å². The third kappa shape index (κ3) is 4.25. The molecule has 8 heteroatoms. The lowest BCUT2D eigenvalue weighted by Crippen LogP contribution is -1.99. The molecule has 0 aliphatic heterocycles. The molecular weight excluding hydrogens is 396 g/mol. The fourth-order valence-corrected chi connectivity index (χ4v) is 2.93. The van der Waals surface area contributed by atoms with Crippen molar-refractivity contribution in [1.82, 2.24) is 14.9 Å². The van der Waals surface area contributed by atoms with Crippen molar-refractivity contribution in [2.45, 2.75) is 6.92 Å². The summed E-state index contributed by atoms with van der Waals surface area (Å²) in [6.07, 6.45) is 6.85. The van der Waals surface area contributed by atoms with E-state index < -0.39 is 0 Å². The number of aromatic amines is 1. The first kappa shape index (κ1) is 19.7. The van der Waals surface area contributed by atoms with Crippen LogP contribution in [0.1, 0.15) is 11.1 Å². The van der Waals surface area contributed by atoms with Crippen molar-refractivity contribution < 1.29 is 9.47 Å². The maximum Gasteiger partial charge on any atom is 0.216 e. The number of hydrogen-bond donors (Lipinski definition) is 1. The number of terminal acetylenes is 1. The fourth-order valence-electron chi connectivity index (χ4n) is 2.48.